The Bertz CT molecular complexity index is 3180. The minimum Gasteiger partial charge on any atom is -0.106 e. The predicted molar refractivity (Wildman–Crippen MR) is 311 cm³/mol. The van der Waals surface area contributed by atoms with Crippen molar-refractivity contribution in [2.75, 3.05) is 0 Å². The van der Waals surface area contributed by atoms with Crippen molar-refractivity contribution in [2.24, 2.45) is 0 Å². The van der Waals surface area contributed by atoms with Gasteiger partial charge in [0.15, 0.2) is 0 Å². The highest BCUT2D eigenvalue weighted by molar-refractivity contribution is 6.30. The van der Waals surface area contributed by atoms with E-state index in [9.17, 15) is 0 Å². The van der Waals surface area contributed by atoms with Crippen LogP contribution in [0.15, 0.2) is 195 Å². The smallest absolute Gasteiger partial charge is 0.00203 e. The van der Waals surface area contributed by atoms with E-state index in [1.54, 1.807) is 6.08 Å². The lowest BCUT2D eigenvalue weighted by molar-refractivity contribution is 0.886. The van der Waals surface area contributed by atoms with Crippen molar-refractivity contribution in [3.63, 3.8) is 0 Å². The van der Waals surface area contributed by atoms with E-state index in [4.69, 9.17) is 0 Å². The third kappa shape index (κ3) is 11.5. The maximum Gasteiger partial charge on any atom is -0.00203 e. The number of benzene rings is 10. The van der Waals surface area contributed by atoms with E-state index in [1.165, 1.54) is 153 Å². The lowest BCUT2D eigenvalue weighted by atomic mass is 9.85. The zero-order valence-corrected chi connectivity index (χ0v) is 43.0. The van der Waals surface area contributed by atoms with Gasteiger partial charge in [-0.25, -0.2) is 0 Å². The Balaban J connectivity index is 0.000000246. The summed E-state index contributed by atoms with van der Waals surface area (Å²) >= 11 is 0. The van der Waals surface area contributed by atoms with Gasteiger partial charge in [0.25, 0.3) is 0 Å². The molecule has 10 aromatic carbocycles. The molecular weight excluding hydrogens is 817 g/mol. The maximum absolute atomic E-state index is 3.36. The molecule has 0 N–H and O–H groups in total. The van der Waals surface area contributed by atoms with Crippen LogP contribution in [-0.2, 0) is 0 Å². The number of hydrogen-bond acceptors (Lipinski definition) is 0. The molecule has 0 spiro atoms. The van der Waals surface area contributed by atoms with Crippen LogP contribution < -0.4 is 0 Å². The fourth-order valence-electron chi connectivity index (χ4n) is 9.04. The third-order valence-corrected chi connectivity index (χ3v) is 12.7. The van der Waals surface area contributed by atoms with Gasteiger partial charge in [-0.05, 0) is 150 Å². The van der Waals surface area contributed by atoms with Crippen molar-refractivity contribution >= 4 is 70.2 Å². The SMILES string of the molecule is C=C.C=CC.CC.CC1=C(c2ccccc2C)CCC=C1.CCCC.CCCC.Cc1ccc(-c2ccc3ccc4c(-c5ccc6ccc7cccc8ccc5c6c78)ccc5ccc2c3c54)cc1. The molecule has 0 saturated carbocycles. The van der Waals surface area contributed by atoms with Crippen LogP contribution in [0.2, 0.25) is 0 Å². The summed E-state index contributed by atoms with van der Waals surface area (Å²) in [6.45, 7) is 30.5. The van der Waals surface area contributed by atoms with Crippen LogP contribution in [0.1, 0.15) is 111 Å². The van der Waals surface area contributed by atoms with Gasteiger partial charge in [-0.2, -0.15) is 0 Å². The molecule has 11 rings (SSSR count). The Kier molecular flexibility index (Phi) is 19.9. The molecule has 0 atom stereocenters. The first-order valence-electron chi connectivity index (χ1n) is 25.2. The summed E-state index contributed by atoms with van der Waals surface area (Å²) in [6.07, 6.45) is 13.9. The molecule has 0 heterocycles. The molecule has 1 aliphatic carbocycles. The van der Waals surface area contributed by atoms with Gasteiger partial charge in [-0.3, -0.25) is 0 Å². The standard InChI is InChI=1S/C39H24.C14H16.2C4H10.C3H6.C2H6.C2H4/c1-23-5-7-24(8-6-23)30-17-11-28-16-22-35-32(19-13-29-15-20-33(30)38(28)39(29)35)31-18-12-27-10-9-25-3-2-4-26-14-21-34(31)37(27)36(25)26;1-11-7-3-5-9-13(11)14-10-6-4-8-12(14)2;2*1-3-4-2;1-3-2;2*1-2/h2-22H,1H3;3-5,7-9H,6,10H2,1-2H3;2*3-4H2,1-2H3;3H,1H2,2H3;1-2H3;1-2H2. The van der Waals surface area contributed by atoms with Crippen LogP contribution in [0.25, 0.3) is 92.5 Å². The first-order chi connectivity index (χ1) is 33.3. The molecule has 0 saturated heterocycles. The quantitative estimate of drug-likeness (QED) is 0.119. The lowest BCUT2D eigenvalue weighted by Crippen LogP contribution is -1.94. The minimum atomic E-state index is 1.18. The molecule has 0 fully saturated rings. The summed E-state index contributed by atoms with van der Waals surface area (Å²) in [4.78, 5) is 0. The average molecular weight is 893 g/mol. The van der Waals surface area contributed by atoms with E-state index in [0.29, 0.717) is 0 Å². The highest BCUT2D eigenvalue weighted by atomic mass is 14.2. The predicted octanol–water partition coefficient (Wildman–Crippen LogP) is 21.9. The van der Waals surface area contributed by atoms with Gasteiger partial charge in [0.2, 0.25) is 0 Å². The average Bonchev–Trinajstić information content (AvgIpc) is 3.39. The molecule has 1 aliphatic rings. The van der Waals surface area contributed by atoms with Gasteiger partial charge in [0, 0.05) is 0 Å². The van der Waals surface area contributed by atoms with Crippen molar-refractivity contribution in [2.45, 2.75) is 108 Å². The van der Waals surface area contributed by atoms with E-state index in [1.807, 2.05) is 20.8 Å². The van der Waals surface area contributed by atoms with Crippen molar-refractivity contribution in [1.29, 1.82) is 0 Å². The van der Waals surface area contributed by atoms with Crippen molar-refractivity contribution in [3.8, 4) is 22.3 Å². The molecule has 348 valence electrons. The normalized spacial score (nSPS) is 11.6. The zero-order valence-electron chi connectivity index (χ0n) is 43.0. The molecule has 0 nitrogen and oxygen atoms in total. The molecule has 0 bridgehead atoms. The van der Waals surface area contributed by atoms with Crippen LogP contribution in [0.3, 0.4) is 0 Å². The second-order valence-corrected chi connectivity index (χ2v) is 17.3. The Labute approximate surface area is 410 Å². The molecule has 0 aliphatic heterocycles. The van der Waals surface area contributed by atoms with E-state index in [2.05, 4.69) is 232 Å². The number of allylic oxidation sites excluding steroid dienone is 5. The second kappa shape index (κ2) is 26.0. The molecule has 10 aromatic rings. The molecule has 68 heavy (non-hydrogen) atoms. The number of aryl methyl sites for hydroxylation is 2. The fourth-order valence-corrected chi connectivity index (χ4v) is 9.04. The number of hydrogen-bond donors (Lipinski definition) is 0. The minimum absolute atomic E-state index is 1.18. The van der Waals surface area contributed by atoms with Gasteiger partial charge in [0.05, 0.1) is 0 Å². The maximum atomic E-state index is 3.36. The second-order valence-electron chi connectivity index (χ2n) is 17.3. The molecular formula is C68H76. The van der Waals surface area contributed by atoms with Crippen molar-refractivity contribution < 1.29 is 0 Å². The Morgan fingerprint density at radius 3 is 1.29 bits per heavy atom. The Hall–Kier alpha value is -6.76. The van der Waals surface area contributed by atoms with E-state index >= 15 is 0 Å². The van der Waals surface area contributed by atoms with Gasteiger partial charge >= 0.3 is 0 Å². The van der Waals surface area contributed by atoms with Crippen LogP contribution in [0.4, 0.5) is 0 Å². The third-order valence-electron chi connectivity index (χ3n) is 12.7. The van der Waals surface area contributed by atoms with E-state index in [0.717, 1.165) is 0 Å². The highest BCUT2D eigenvalue weighted by Gasteiger charge is 2.18. The van der Waals surface area contributed by atoms with Crippen LogP contribution in [0, 0.1) is 13.8 Å². The molecule has 0 aromatic heterocycles. The van der Waals surface area contributed by atoms with Crippen LogP contribution >= 0.6 is 0 Å². The fraction of sp³-hybridized carbons (Fsp3) is 0.235. The highest BCUT2D eigenvalue weighted by Crippen LogP contribution is 2.45. The monoisotopic (exact) mass is 893 g/mol. The first-order valence-corrected chi connectivity index (χ1v) is 25.2. The molecule has 0 heteroatoms. The van der Waals surface area contributed by atoms with Gasteiger partial charge in [-0.1, -0.05) is 243 Å². The zero-order chi connectivity index (χ0) is 49.2. The molecule has 0 unspecified atom stereocenters. The molecule has 0 amide bonds. The van der Waals surface area contributed by atoms with Gasteiger partial charge in [0.1, 0.15) is 0 Å². The summed E-state index contributed by atoms with van der Waals surface area (Å²) in [5.74, 6) is 0. The van der Waals surface area contributed by atoms with Crippen LogP contribution in [-0.4, -0.2) is 0 Å². The number of unbranched alkanes of at least 4 members (excludes halogenated alkanes) is 2. The van der Waals surface area contributed by atoms with Crippen molar-refractivity contribution in [1.82, 2.24) is 0 Å². The summed E-state index contributed by atoms with van der Waals surface area (Å²) in [7, 11) is 0. The summed E-state index contributed by atoms with van der Waals surface area (Å²) in [5, 5.41) is 15.9. The van der Waals surface area contributed by atoms with E-state index < -0.39 is 0 Å². The van der Waals surface area contributed by atoms with Gasteiger partial charge < -0.3 is 0 Å². The van der Waals surface area contributed by atoms with E-state index in [-0.39, 0.29) is 0 Å². The topological polar surface area (TPSA) is 0 Å². The summed E-state index contributed by atoms with van der Waals surface area (Å²) < 4.78 is 0. The lowest BCUT2D eigenvalue weighted by Gasteiger charge is -2.18. The molecule has 0 radical (unpaired) electrons. The first kappa shape index (κ1) is 52.2. The van der Waals surface area contributed by atoms with Crippen LogP contribution in [0.5, 0.6) is 0 Å². The summed E-state index contributed by atoms with van der Waals surface area (Å²) in [5.41, 5.74) is 12.2. The number of rotatable bonds is 5. The Morgan fingerprint density at radius 1 is 0.441 bits per heavy atom. The van der Waals surface area contributed by atoms with Gasteiger partial charge in [-0.15, -0.1) is 19.7 Å². The Morgan fingerprint density at radius 2 is 0.838 bits per heavy atom. The summed E-state index contributed by atoms with van der Waals surface area (Å²) in [6, 6.07) is 56.4. The van der Waals surface area contributed by atoms with Crippen molar-refractivity contribution in [3.05, 3.63) is 212 Å². The largest absolute Gasteiger partial charge is 0.106 e.